The van der Waals surface area contributed by atoms with E-state index < -0.39 is 11.8 Å². The van der Waals surface area contributed by atoms with Gasteiger partial charge in [0.25, 0.3) is 11.8 Å². The number of amides is 2. The summed E-state index contributed by atoms with van der Waals surface area (Å²) in [5, 5.41) is 0. The normalized spacial score (nSPS) is 10.2. The van der Waals surface area contributed by atoms with Crippen molar-refractivity contribution < 1.29 is 14.3 Å². The van der Waals surface area contributed by atoms with Gasteiger partial charge in [0.05, 0.1) is 12.2 Å². The second-order valence-electron chi connectivity index (χ2n) is 6.00. The number of benzene rings is 3. The Kier molecular flexibility index (Phi) is 6.81. The molecule has 3 aromatic rings. The molecular formula is C22H19BrN2O3. The predicted molar refractivity (Wildman–Crippen MR) is 111 cm³/mol. The third-order valence-electron chi connectivity index (χ3n) is 4.01. The van der Waals surface area contributed by atoms with Crippen LogP contribution in [0.2, 0.25) is 0 Å². The molecule has 0 saturated heterocycles. The SMILES string of the molecule is O=C(NNC(=O)c1ccccc1Br)c1cccc(OCCc2ccccc2)c1. The molecule has 2 N–H and O–H groups in total. The quantitative estimate of drug-likeness (QED) is 0.568. The average molecular weight is 439 g/mol. The summed E-state index contributed by atoms with van der Waals surface area (Å²) in [4.78, 5) is 24.5. The monoisotopic (exact) mass is 438 g/mol. The minimum Gasteiger partial charge on any atom is -0.493 e. The van der Waals surface area contributed by atoms with E-state index in [4.69, 9.17) is 4.74 Å². The van der Waals surface area contributed by atoms with E-state index in [1.54, 1.807) is 42.5 Å². The maximum Gasteiger partial charge on any atom is 0.270 e. The summed E-state index contributed by atoms with van der Waals surface area (Å²) in [7, 11) is 0. The van der Waals surface area contributed by atoms with Gasteiger partial charge in [0.1, 0.15) is 5.75 Å². The van der Waals surface area contributed by atoms with Gasteiger partial charge in [0.15, 0.2) is 0 Å². The Morgan fingerprint density at radius 3 is 2.32 bits per heavy atom. The number of rotatable bonds is 6. The van der Waals surface area contributed by atoms with Crippen molar-refractivity contribution >= 4 is 27.7 Å². The molecule has 0 bridgehead atoms. The first-order valence-electron chi connectivity index (χ1n) is 8.75. The molecule has 0 spiro atoms. The fraction of sp³-hybridized carbons (Fsp3) is 0.0909. The third kappa shape index (κ3) is 5.44. The molecule has 28 heavy (non-hydrogen) atoms. The highest BCUT2D eigenvalue weighted by molar-refractivity contribution is 9.10. The Morgan fingerprint density at radius 1 is 0.821 bits per heavy atom. The summed E-state index contributed by atoms with van der Waals surface area (Å²) in [5.41, 5.74) is 6.84. The molecule has 0 aliphatic rings. The lowest BCUT2D eigenvalue weighted by atomic mass is 10.2. The van der Waals surface area contributed by atoms with Crippen molar-refractivity contribution in [3.8, 4) is 5.75 Å². The number of hydrogen-bond acceptors (Lipinski definition) is 3. The molecule has 0 atom stereocenters. The zero-order chi connectivity index (χ0) is 19.8. The number of carbonyl (C=O) groups is 2. The molecule has 0 aliphatic carbocycles. The van der Waals surface area contributed by atoms with E-state index in [-0.39, 0.29) is 0 Å². The Morgan fingerprint density at radius 2 is 1.54 bits per heavy atom. The van der Waals surface area contributed by atoms with Crippen LogP contribution in [0.1, 0.15) is 26.3 Å². The summed E-state index contributed by atoms with van der Waals surface area (Å²) in [6.45, 7) is 0.508. The zero-order valence-corrected chi connectivity index (χ0v) is 16.6. The molecule has 0 saturated carbocycles. The largest absolute Gasteiger partial charge is 0.493 e. The first-order valence-corrected chi connectivity index (χ1v) is 9.55. The van der Waals surface area contributed by atoms with Crippen molar-refractivity contribution in [2.75, 3.05) is 6.61 Å². The van der Waals surface area contributed by atoms with E-state index in [0.717, 1.165) is 6.42 Å². The van der Waals surface area contributed by atoms with Crippen LogP contribution in [0.3, 0.4) is 0 Å². The van der Waals surface area contributed by atoms with Crippen LogP contribution >= 0.6 is 15.9 Å². The Balaban J connectivity index is 1.53. The number of carbonyl (C=O) groups excluding carboxylic acids is 2. The van der Waals surface area contributed by atoms with Gasteiger partial charge < -0.3 is 4.74 Å². The Hall–Kier alpha value is -3.12. The van der Waals surface area contributed by atoms with Gasteiger partial charge in [-0.3, -0.25) is 20.4 Å². The molecule has 5 nitrogen and oxygen atoms in total. The number of halogens is 1. The molecule has 0 radical (unpaired) electrons. The van der Waals surface area contributed by atoms with Gasteiger partial charge >= 0.3 is 0 Å². The molecule has 6 heteroatoms. The number of hydrazine groups is 1. The topological polar surface area (TPSA) is 67.4 Å². The standard InChI is InChI=1S/C22H19BrN2O3/c23-20-12-5-4-11-19(20)22(27)25-24-21(26)17-9-6-10-18(15-17)28-14-13-16-7-2-1-3-8-16/h1-12,15H,13-14H2,(H,24,26)(H,25,27). The van der Waals surface area contributed by atoms with Gasteiger partial charge in [0, 0.05) is 16.5 Å². The van der Waals surface area contributed by atoms with Gasteiger partial charge in [-0.15, -0.1) is 0 Å². The summed E-state index contributed by atoms with van der Waals surface area (Å²) in [6, 6.07) is 23.8. The molecule has 3 rings (SSSR count). The first-order chi connectivity index (χ1) is 13.6. The van der Waals surface area contributed by atoms with Gasteiger partial charge in [-0.2, -0.15) is 0 Å². The van der Waals surface area contributed by atoms with Crippen molar-refractivity contribution in [2.45, 2.75) is 6.42 Å². The predicted octanol–water partition coefficient (Wildman–Crippen LogP) is 4.15. The lowest BCUT2D eigenvalue weighted by Crippen LogP contribution is -2.41. The lowest BCUT2D eigenvalue weighted by molar-refractivity contribution is 0.0846. The van der Waals surface area contributed by atoms with E-state index in [1.165, 1.54) is 5.56 Å². The van der Waals surface area contributed by atoms with E-state index in [1.807, 2.05) is 36.4 Å². The van der Waals surface area contributed by atoms with Crippen molar-refractivity contribution in [3.63, 3.8) is 0 Å². The molecule has 0 aromatic heterocycles. The van der Waals surface area contributed by atoms with E-state index >= 15 is 0 Å². The smallest absolute Gasteiger partial charge is 0.270 e. The highest BCUT2D eigenvalue weighted by Crippen LogP contribution is 2.16. The van der Waals surface area contributed by atoms with Crippen molar-refractivity contribution in [3.05, 3.63) is 100 Å². The second kappa shape index (κ2) is 9.71. The van der Waals surface area contributed by atoms with Crippen LogP contribution in [0.5, 0.6) is 5.75 Å². The van der Waals surface area contributed by atoms with Gasteiger partial charge in [-0.25, -0.2) is 0 Å². The molecule has 2 amide bonds. The molecule has 3 aromatic carbocycles. The molecular weight excluding hydrogens is 420 g/mol. The van der Waals surface area contributed by atoms with Gasteiger partial charge in [-0.1, -0.05) is 48.5 Å². The van der Waals surface area contributed by atoms with Crippen LogP contribution in [-0.4, -0.2) is 18.4 Å². The van der Waals surface area contributed by atoms with Crippen LogP contribution in [0.25, 0.3) is 0 Å². The molecule has 0 fully saturated rings. The minimum atomic E-state index is -0.422. The highest BCUT2D eigenvalue weighted by atomic mass is 79.9. The molecule has 0 unspecified atom stereocenters. The summed E-state index contributed by atoms with van der Waals surface area (Å²) < 4.78 is 6.39. The van der Waals surface area contributed by atoms with Crippen LogP contribution in [0.15, 0.2) is 83.3 Å². The van der Waals surface area contributed by atoms with Crippen molar-refractivity contribution in [1.82, 2.24) is 10.9 Å². The number of ether oxygens (including phenoxy) is 1. The molecule has 0 aliphatic heterocycles. The van der Waals surface area contributed by atoms with Crippen molar-refractivity contribution in [1.29, 1.82) is 0 Å². The number of nitrogens with one attached hydrogen (secondary N) is 2. The summed E-state index contributed by atoms with van der Waals surface area (Å²) in [5.74, 6) is -0.231. The Labute approximate surface area is 171 Å². The third-order valence-corrected chi connectivity index (χ3v) is 4.70. The molecule has 142 valence electrons. The van der Waals surface area contributed by atoms with Crippen LogP contribution in [0.4, 0.5) is 0 Å². The number of hydrogen-bond donors (Lipinski definition) is 2. The first kappa shape index (κ1) is 19.6. The fourth-order valence-electron chi connectivity index (χ4n) is 2.56. The summed E-state index contributed by atoms with van der Waals surface area (Å²) >= 11 is 3.31. The Bertz CT molecular complexity index is 961. The average Bonchev–Trinajstić information content (AvgIpc) is 2.73. The highest BCUT2D eigenvalue weighted by Gasteiger charge is 2.12. The van der Waals surface area contributed by atoms with E-state index in [2.05, 4.69) is 26.8 Å². The van der Waals surface area contributed by atoms with Crippen LogP contribution < -0.4 is 15.6 Å². The van der Waals surface area contributed by atoms with Crippen molar-refractivity contribution in [2.24, 2.45) is 0 Å². The maximum atomic E-state index is 12.3. The van der Waals surface area contributed by atoms with Gasteiger partial charge in [0.2, 0.25) is 0 Å². The van der Waals surface area contributed by atoms with E-state index in [0.29, 0.717) is 28.0 Å². The zero-order valence-electron chi connectivity index (χ0n) is 15.0. The van der Waals surface area contributed by atoms with Gasteiger partial charge in [-0.05, 0) is 51.8 Å². The minimum absolute atomic E-state index is 0.393. The van der Waals surface area contributed by atoms with E-state index in [9.17, 15) is 9.59 Å². The second-order valence-corrected chi connectivity index (χ2v) is 6.85. The summed E-state index contributed by atoms with van der Waals surface area (Å²) in [6.07, 6.45) is 0.777. The van der Waals surface area contributed by atoms with Crippen LogP contribution in [0, 0.1) is 0 Å². The van der Waals surface area contributed by atoms with Crippen LogP contribution in [-0.2, 0) is 6.42 Å². The lowest BCUT2D eigenvalue weighted by Gasteiger charge is -2.10. The fourth-order valence-corrected chi connectivity index (χ4v) is 3.02. The molecule has 0 heterocycles. The maximum absolute atomic E-state index is 12.3.